The van der Waals surface area contributed by atoms with Crippen molar-refractivity contribution in [1.29, 1.82) is 0 Å². The summed E-state index contributed by atoms with van der Waals surface area (Å²) in [4.78, 5) is 12.1. The van der Waals surface area contributed by atoms with Crippen LogP contribution in [-0.2, 0) is 10.2 Å². The monoisotopic (exact) mass is 282 g/mol. The van der Waals surface area contributed by atoms with Crippen molar-refractivity contribution >= 4 is 22.6 Å². The summed E-state index contributed by atoms with van der Waals surface area (Å²) in [5.41, 5.74) is 2.17. The summed E-state index contributed by atoms with van der Waals surface area (Å²) in [7, 11) is 1.63. The highest BCUT2D eigenvalue weighted by Crippen LogP contribution is 2.42. The van der Waals surface area contributed by atoms with Crippen molar-refractivity contribution in [3.05, 3.63) is 41.0 Å². The van der Waals surface area contributed by atoms with E-state index in [4.69, 9.17) is 4.74 Å². The molecule has 3 heteroatoms. The lowest BCUT2D eigenvalue weighted by molar-refractivity contribution is -0.118. The zero-order chi connectivity index (χ0) is 15.4. The Kier molecular flexibility index (Phi) is 2.84. The average Bonchev–Trinajstić information content (AvgIpc) is 2.44. The quantitative estimate of drug-likeness (QED) is 0.866. The second-order valence-electron chi connectivity index (χ2n) is 6.05. The van der Waals surface area contributed by atoms with E-state index < -0.39 is 5.41 Å². The second kappa shape index (κ2) is 4.35. The summed E-state index contributed by atoms with van der Waals surface area (Å²) < 4.78 is 5.38. The Morgan fingerprint density at radius 3 is 2.48 bits per heavy atom. The summed E-state index contributed by atoms with van der Waals surface area (Å²) in [6, 6.07) is 5.56. The Morgan fingerprint density at radius 2 is 1.81 bits per heavy atom. The lowest BCUT2D eigenvalue weighted by Crippen LogP contribution is -2.30. The van der Waals surface area contributed by atoms with Crippen LogP contribution in [0.2, 0.25) is 0 Å². The number of carbonyl (C=O) groups is 1. The molecule has 0 bridgehead atoms. The van der Waals surface area contributed by atoms with Gasteiger partial charge in [0.15, 0.2) is 5.78 Å². The molecule has 0 unspecified atom stereocenters. The van der Waals surface area contributed by atoms with Gasteiger partial charge < -0.3 is 9.84 Å². The molecule has 2 aromatic carbocycles. The van der Waals surface area contributed by atoms with Crippen molar-refractivity contribution in [1.82, 2.24) is 0 Å². The number of benzene rings is 2. The molecular formula is C18H18O3. The topological polar surface area (TPSA) is 46.5 Å². The van der Waals surface area contributed by atoms with Crippen molar-refractivity contribution in [3.63, 3.8) is 0 Å². The number of phenols is 1. The minimum absolute atomic E-state index is 0.0489. The van der Waals surface area contributed by atoms with E-state index in [-0.39, 0.29) is 11.5 Å². The van der Waals surface area contributed by atoms with Gasteiger partial charge in [-0.2, -0.15) is 0 Å². The molecule has 21 heavy (non-hydrogen) atoms. The molecule has 0 aliphatic heterocycles. The van der Waals surface area contributed by atoms with E-state index in [1.165, 1.54) is 0 Å². The molecule has 108 valence electrons. The highest BCUT2D eigenvalue weighted by molar-refractivity contribution is 6.09. The van der Waals surface area contributed by atoms with Crippen molar-refractivity contribution in [2.24, 2.45) is 0 Å². The average molecular weight is 282 g/mol. The predicted octanol–water partition coefficient (Wildman–Crippen LogP) is 3.74. The van der Waals surface area contributed by atoms with Crippen LogP contribution in [0.25, 0.3) is 16.8 Å². The molecule has 0 fully saturated rings. The molecule has 0 saturated carbocycles. The highest BCUT2D eigenvalue weighted by atomic mass is 16.5. The molecule has 0 atom stereocenters. The van der Waals surface area contributed by atoms with Gasteiger partial charge in [-0.25, -0.2) is 0 Å². The van der Waals surface area contributed by atoms with Gasteiger partial charge in [-0.05, 0) is 67.1 Å². The number of methoxy groups -OCH3 is 1. The number of ether oxygens (including phenoxy) is 1. The van der Waals surface area contributed by atoms with Crippen LogP contribution in [0.5, 0.6) is 11.5 Å². The number of hydrogen-bond acceptors (Lipinski definition) is 3. The van der Waals surface area contributed by atoms with Gasteiger partial charge >= 0.3 is 0 Å². The van der Waals surface area contributed by atoms with Gasteiger partial charge in [0.25, 0.3) is 0 Å². The van der Waals surface area contributed by atoms with Crippen molar-refractivity contribution in [3.8, 4) is 11.5 Å². The number of aryl methyl sites for hydroxylation is 1. The van der Waals surface area contributed by atoms with Crippen LogP contribution < -0.4 is 4.74 Å². The summed E-state index contributed by atoms with van der Waals surface area (Å²) in [5, 5.41) is 12.0. The fourth-order valence-corrected chi connectivity index (χ4v) is 2.98. The number of allylic oxidation sites excluding steroid dienone is 1. The number of hydrogen-bond donors (Lipinski definition) is 1. The second-order valence-corrected chi connectivity index (χ2v) is 6.05. The molecule has 3 nitrogen and oxygen atoms in total. The normalized spacial score (nSPS) is 16.1. The third-order valence-corrected chi connectivity index (χ3v) is 4.36. The van der Waals surface area contributed by atoms with Crippen LogP contribution in [-0.4, -0.2) is 18.0 Å². The molecule has 0 amide bonds. The van der Waals surface area contributed by atoms with Crippen molar-refractivity contribution in [2.75, 3.05) is 7.11 Å². The molecule has 1 aliphatic carbocycles. The maximum absolute atomic E-state index is 12.1. The van der Waals surface area contributed by atoms with E-state index in [9.17, 15) is 9.90 Å². The van der Waals surface area contributed by atoms with Crippen LogP contribution in [0, 0.1) is 6.92 Å². The summed E-state index contributed by atoms with van der Waals surface area (Å²) >= 11 is 0. The fourth-order valence-electron chi connectivity index (χ4n) is 2.98. The number of rotatable bonds is 1. The zero-order valence-corrected chi connectivity index (χ0v) is 12.7. The minimum Gasteiger partial charge on any atom is -0.507 e. The Labute approximate surface area is 123 Å². The van der Waals surface area contributed by atoms with Crippen LogP contribution >= 0.6 is 0 Å². The van der Waals surface area contributed by atoms with Crippen molar-refractivity contribution in [2.45, 2.75) is 26.2 Å². The first-order chi connectivity index (χ1) is 9.86. The van der Waals surface area contributed by atoms with E-state index in [1.807, 2.05) is 39.0 Å². The van der Waals surface area contributed by atoms with Gasteiger partial charge in [-0.3, -0.25) is 4.79 Å². The maximum Gasteiger partial charge on any atom is 0.165 e. The predicted molar refractivity (Wildman–Crippen MR) is 84.0 cm³/mol. The molecule has 0 saturated heterocycles. The van der Waals surface area contributed by atoms with Gasteiger partial charge in [-0.15, -0.1) is 0 Å². The first-order valence-electron chi connectivity index (χ1n) is 6.93. The standard InChI is InChI=1S/C18H18O3/c1-10-7-13-12(8-16(10)21-4)11-5-6-17(20)18(2,3)14(11)9-15(13)19/h5-9,19H,1-4H3. The van der Waals surface area contributed by atoms with Crippen LogP contribution in [0.4, 0.5) is 0 Å². The third-order valence-electron chi connectivity index (χ3n) is 4.36. The lowest BCUT2D eigenvalue weighted by atomic mass is 9.73. The molecule has 0 heterocycles. The molecule has 0 radical (unpaired) electrons. The highest BCUT2D eigenvalue weighted by Gasteiger charge is 2.34. The van der Waals surface area contributed by atoms with E-state index in [2.05, 4.69) is 0 Å². The molecule has 0 aromatic heterocycles. The summed E-state index contributed by atoms with van der Waals surface area (Å²) in [6.45, 7) is 5.71. The van der Waals surface area contributed by atoms with Crippen molar-refractivity contribution < 1.29 is 14.6 Å². The number of phenolic OH excluding ortho intramolecular Hbond substituents is 1. The van der Waals surface area contributed by atoms with E-state index >= 15 is 0 Å². The van der Waals surface area contributed by atoms with Crippen LogP contribution in [0.15, 0.2) is 24.3 Å². The number of ketones is 1. The Hall–Kier alpha value is -2.29. The molecule has 0 spiro atoms. The minimum atomic E-state index is -0.631. The molecule has 1 N–H and O–H groups in total. The molecule has 1 aliphatic rings. The maximum atomic E-state index is 12.1. The van der Waals surface area contributed by atoms with E-state index in [0.29, 0.717) is 0 Å². The summed E-state index contributed by atoms with van der Waals surface area (Å²) in [6.07, 6.45) is 3.45. The molecular weight excluding hydrogens is 264 g/mol. The van der Waals surface area contributed by atoms with Crippen LogP contribution in [0.3, 0.4) is 0 Å². The smallest absolute Gasteiger partial charge is 0.165 e. The van der Waals surface area contributed by atoms with Gasteiger partial charge in [-0.1, -0.05) is 6.08 Å². The summed E-state index contributed by atoms with van der Waals surface area (Å²) in [5.74, 6) is 1.02. The van der Waals surface area contributed by atoms with Gasteiger partial charge in [0.2, 0.25) is 0 Å². The zero-order valence-electron chi connectivity index (χ0n) is 12.7. The first-order valence-corrected chi connectivity index (χ1v) is 6.93. The van der Waals surface area contributed by atoms with Crippen LogP contribution in [0.1, 0.15) is 30.5 Å². The number of aromatic hydroxyl groups is 1. The third kappa shape index (κ3) is 1.84. The Balaban J connectivity index is 2.45. The Bertz CT molecular complexity index is 798. The largest absolute Gasteiger partial charge is 0.507 e. The van der Waals surface area contributed by atoms with Gasteiger partial charge in [0.05, 0.1) is 12.5 Å². The number of carbonyl (C=O) groups excluding carboxylic acids is 1. The van der Waals surface area contributed by atoms with Gasteiger partial charge in [0, 0.05) is 5.39 Å². The van der Waals surface area contributed by atoms with E-state index in [0.717, 1.165) is 33.2 Å². The Morgan fingerprint density at radius 1 is 1.10 bits per heavy atom. The lowest BCUT2D eigenvalue weighted by Gasteiger charge is -2.29. The van der Waals surface area contributed by atoms with E-state index in [1.54, 1.807) is 19.3 Å². The fraction of sp³-hybridized carbons (Fsp3) is 0.278. The molecule has 2 aromatic rings. The number of fused-ring (bicyclic) bond motifs is 3. The first kappa shape index (κ1) is 13.7. The SMILES string of the molecule is COc1cc2c3c(cc(O)c2cc1C)C(C)(C)C(=O)C=C3. The molecule has 3 rings (SSSR count). The van der Waals surface area contributed by atoms with Gasteiger partial charge in [0.1, 0.15) is 11.5 Å².